The van der Waals surface area contributed by atoms with Crippen molar-refractivity contribution in [3.63, 3.8) is 0 Å². The Bertz CT molecular complexity index is 1260. The molecule has 0 aliphatic heterocycles. The number of ether oxygens (including phenoxy) is 1. The minimum absolute atomic E-state index is 0.146. The van der Waals surface area contributed by atoms with Gasteiger partial charge in [0, 0.05) is 23.2 Å². The second-order valence-corrected chi connectivity index (χ2v) is 7.23. The van der Waals surface area contributed by atoms with Gasteiger partial charge in [0.15, 0.2) is 6.61 Å². The van der Waals surface area contributed by atoms with Crippen molar-refractivity contribution in [1.29, 1.82) is 0 Å². The normalized spacial score (nSPS) is 11.1. The predicted octanol–water partition coefficient (Wildman–Crippen LogP) is 5.09. The van der Waals surface area contributed by atoms with E-state index in [2.05, 4.69) is 5.32 Å². The van der Waals surface area contributed by atoms with E-state index < -0.39 is 5.63 Å². The number of anilines is 1. The Balaban J connectivity index is 1.47. The van der Waals surface area contributed by atoms with Crippen LogP contribution in [-0.4, -0.2) is 12.5 Å². The van der Waals surface area contributed by atoms with Gasteiger partial charge in [0.1, 0.15) is 11.3 Å². The zero-order valence-corrected chi connectivity index (χ0v) is 16.3. The van der Waals surface area contributed by atoms with E-state index in [-0.39, 0.29) is 18.4 Å². The lowest BCUT2D eigenvalue weighted by Crippen LogP contribution is -2.20. The lowest BCUT2D eigenvalue weighted by Gasteiger charge is -2.11. The van der Waals surface area contributed by atoms with Crippen molar-refractivity contribution in [3.8, 4) is 5.75 Å². The predicted molar refractivity (Wildman–Crippen MR) is 115 cm³/mol. The molecule has 1 amide bonds. The standard InChI is InChI=1S/C24H21NO4/c1-15(2)21-13-24(27)29-22-12-19(9-10-20(21)22)28-14-23(26)25-18-8-7-16-5-3-4-6-17(16)11-18/h3-13,15H,14H2,1-2H3,(H,25,26). The van der Waals surface area contributed by atoms with Crippen LogP contribution in [0.5, 0.6) is 5.75 Å². The van der Waals surface area contributed by atoms with Crippen LogP contribution in [0.1, 0.15) is 25.3 Å². The Labute approximate surface area is 167 Å². The molecule has 0 unspecified atom stereocenters. The van der Waals surface area contributed by atoms with Crippen molar-refractivity contribution in [2.75, 3.05) is 11.9 Å². The highest BCUT2D eigenvalue weighted by atomic mass is 16.5. The van der Waals surface area contributed by atoms with Crippen LogP contribution in [0.3, 0.4) is 0 Å². The van der Waals surface area contributed by atoms with Crippen molar-refractivity contribution >= 4 is 33.3 Å². The summed E-state index contributed by atoms with van der Waals surface area (Å²) in [5, 5.41) is 5.87. The number of benzene rings is 3. The number of nitrogens with one attached hydrogen (secondary N) is 1. The summed E-state index contributed by atoms with van der Waals surface area (Å²) in [7, 11) is 0. The third-order valence-corrected chi connectivity index (χ3v) is 4.77. The van der Waals surface area contributed by atoms with Crippen LogP contribution >= 0.6 is 0 Å². The largest absolute Gasteiger partial charge is 0.484 e. The summed E-state index contributed by atoms with van der Waals surface area (Å²) in [6.07, 6.45) is 0. The SMILES string of the molecule is CC(C)c1cc(=O)oc2cc(OCC(=O)Nc3ccc4ccccc4c3)ccc12. The van der Waals surface area contributed by atoms with E-state index in [0.29, 0.717) is 17.0 Å². The van der Waals surface area contributed by atoms with Crippen LogP contribution in [0.2, 0.25) is 0 Å². The third-order valence-electron chi connectivity index (χ3n) is 4.77. The first-order valence-corrected chi connectivity index (χ1v) is 9.49. The highest BCUT2D eigenvalue weighted by Crippen LogP contribution is 2.27. The first-order chi connectivity index (χ1) is 14.0. The number of rotatable bonds is 5. The monoisotopic (exact) mass is 387 g/mol. The molecule has 4 aromatic rings. The summed E-state index contributed by atoms with van der Waals surface area (Å²) in [4.78, 5) is 24.1. The molecule has 0 bridgehead atoms. The van der Waals surface area contributed by atoms with Crippen LogP contribution in [0, 0.1) is 0 Å². The maximum Gasteiger partial charge on any atom is 0.336 e. The Morgan fingerprint density at radius 1 is 1.00 bits per heavy atom. The van der Waals surface area contributed by atoms with Crippen LogP contribution in [0.15, 0.2) is 75.9 Å². The smallest absolute Gasteiger partial charge is 0.336 e. The van der Waals surface area contributed by atoms with Gasteiger partial charge >= 0.3 is 5.63 Å². The first kappa shape index (κ1) is 18.7. The molecule has 1 aromatic heterocycles. The second-order valence-electron chi connectivity index (χ2n) is 7.23. The van der Waals surface area contributed by atoms with Gasteiger partial charge in [-0.05, 0) is 46.5 Å². The molecule has 0 radical (unpaired) electrons. The lowest BCUT2D eigenvalue weighted by atomic mass is 10.00. The molecule has 4 rings (SSSR count). The van der Waals surface area contributed by atoms with Crippen molar-refractivity contribution in [2.45, 2.75) is 19.8 Å². The molecule has 0 fully saturated rings. The molecule has 0 saturated heterocycles. The van der Waals surface area contributed by atoms with Gasteiger partial charge in [-0.2, -0.15) is 0 Å². The maximum absolute atomic E-state index is 12.3. The molecule has 1 heterocycles. The lowest BCUT2D eigenvalue weighted by molar-refractivity contribution is -0.118. The Morgan fingerprint density at radius 3 is 2.59 bits per heavy atom. The van der Waals surface area contributed by atoms with Crippen molar-refractivity contribution in [1.82, 2.24) is 0 Å². The van der Waals surface area contributed by atoms with E-state index in [1.807, 2.05) is 62.4 Å². The zero-order valence-electron chi connectivity index (χ0n) is 16.3. The molecule has 0 saturated carbocycles. The number of fused-ring (bicyclic) bond motifs is 2. The molecule has 0 aliphatic rings. The van der Waals surface area contributed by atoms with Crippen LogP contribution < -0.4 is 15.7 Å². The van der Waals surface area contributed by atoms with E-state index in [1.54, 1.807) is 12.1 Å². The molecule has 29 heavy (non-hydrogen) atoms. The van der Waals surface area contributed by atoms with Crippen LogP contribution in [-0.2, 0) is 4.79 Å². The van der Waals surface area contributed by atoms with E-state index in [4.69, 9.17) is 9.15 Å². The summed E-state index contributed by atoms with van der Waals surface area (Å²) in [6, 6.07) is 20.5. The van der Waals surface area contributed by atoms with Crippen LogP contribution in [0.25, 0.3) is 21.7 Å². The molecule has 1 N–H and O–H groups in total. The van der Waals surface area contributed by atoms with Gasteiger partial charge in [-0.25, -0.2) is 4.79 Å². The van der Waals surface area contributed by atoms with Crippen molar-refractivity contribution in [2.24, 2.45) is 0 Å². The minimum Gasteiger partial charge on any atom is -0.484 e. The van der Waals surface area contributed by atoms with E-state index >= 15 is 0 Å². The molecule has 5 heteroatoms. The second kappa shape index (κ2) is 7.80. The van der Waals surface area contributed by atoms with Gasteiger partial charge < -0.3 is 14.5 Å². The summed E-state index contributed by atoms with van der Waals surface area (Å²) < 4.78 is 10.9. The molecule has 146 valence electrons. The molecule has 3 aromatic carbocycles. The van der Waals surface area contributed by atoms with Gasteiger partial charge in [0.05, 0.1) is 0 Å². The number of carbonyl (C=O) groups is 1. The van der Waals surface area contributed by atoms with Crippen molar-refractivity contribution < 1.29 is 13.9 Å². The topological polar surface area (TPSA) is 68.5 Å². The molecular formula is C24H21NO4. The zero-order chi connectivity index (χ0) is 20.4. The third kappa shape index (κ3) is 4.14. The Kier molecular flexibility index (Phi) is 5.04. The molecular weight excluding hydrogens is 366 g/mol. The Morgan fingerprint density at radius 2 is 1.79 bits per heavy atom. The minimum atomic E-state index is -0.396. The fourth-order valence-electron chi connectivity index (χ4n) is 3.35. The fourth-order valence-corrected chi connectivity index (χ4v) is 3.35. The molecule has 0 aliphatic carbocycles. The number of hydrogen-bond acceptors (Lipinski definition) is 4. The maximum atomic E-state index is 12.3. The van der Waals surface area contributed by atoms with Gasteiger partial charge in [-0.3, -0.25) is 4.79 Å². The van der Waals surface area contributed by atoms with E-state index in [9.17, 15) is 9.59 Å². The average molecular weight is 387 g/mol. The van der Waals surface area contributed by atoms with Gasteiger partial charge in [0.25, 0.3) is 5.91 Å². The molecule has 5 nitrogen and oxygen atoms in total. The highest BCUT2D eigenvalue weighted by Gasteiger charge is 2.11. The summed E-state index contributed by atoms with van der Waals surface area (Å²) in [5.74, 6) is 0.397. The number of hydrogen-bond donors (Lipinski definition) is 1. The Hall–Kier alpha value is -3.60. The average Bonchev–Trinajstić information content (AvgIpc) is 2.71. The van der Waals surface area contributed by atoms with Gasteiger partial charge in [0.2, 0.25) is 0 Å². The summed E-state index contributed by atoms with van der Waals surface area (Å²) in [5.41, 5.74) is 1.70. The first-order valence-electron chi connectivity index (χ1n) is 9.49. The number of amides is 1. The van der Waals surface area contributed by atoms with E-state index in [1.165, 1.54) is 6.07 Å². The number of carbonyl (C=O) groups excluding carboxylic acids is 1. The molecule has 0 spiro atoms. The summed E-state index contributed by atoms with van der Waals surface area (Å²) >= 11 is 0. The van der Waals surface area contributed by atoms with E-state index in [0.717, 1.165) is 21.7 Å². The summed E-state index contributed by atoms with van der Waals surface area (Å²) in [6.45, 7) is 3.90. The van der Waals surface area contributed by atoms with Crippen LogP contribution in [0.4, 0.5) is 5.69 Å². The fraction of sp³-hybridized carbons (Fsp3) is 0.167. The molecule has 0 atom stereocenters. The van der Waals surface area contributed by atoms with Gasteiger partial charge in [-0.1, -0.05) is 44.2 Å². The quantitative estimate of drug-likeness (QED) is 0.485. The van der Waals surface area contributed by atoms with Crippen molar-refractivity contribution in [3.05, 3.63) is 82.7 Å². The highest BCUT2D eigenvalue weighted by molar-refractivity contribution is 5.95. The van der Waals surface area contributed by atoms with Gasteiger partial charge in [-0.15, -0.1) is 0 Å².